The summed E-state index contributed by atoms with van der Waals surface area (Å²) in [6.07, 6.45) is 8.19. The molecule has 2 aromatic rings. The summed E-state index contributed by atoms with van der Waals surface area (Å²) in [5.74, 6) is 4.16. The van der Waals surface area contributed by atoms with Crippen LogP contribution in [0.2, 0.25) is 0 Å². The van der Waals surface area contributed by atoms with Crippen molar-refractivity contribution in [2.24, 2.45) is 7.05 Å². The van der Waals surface area contributed by atoms with Crippen molar-refractivity contribution in [1.29, 1.82) is 0 Å². The summed E-state index contributed by atoms with van der Waals surface area (Å²) in [7, 11) is 1.91. The third-order valence-electron chi connectivity index (χ3n) is 3.45. The van der Waals surface area contributed by atoms with Crippen LogP contribution in [0, 0.1) is 12.3 Å². The summed E-state index contributed by atoms with van der Waals surface area (Å²) in [5.41, 5.74) is 8.96. The van der Waals surface area contributed by atoms with Crippen LogP contribution in [-0.2, 0) is 25.4 Å². The highest BCUT2D eigenvalue weighted by Gasteiger charge is 2.26. The Labute approximate surface area is 126 Å². The van der Waals surface area contributed by atoms with Gasteiger partial charge in [0.2, 0.25) is 0 Å². The maximum absolute atomic E-state index is 6.29. The molecule has 2 N–H and O–H groups in total. The first-order valence-corrected chi connectivity index (χ1v) is 7.12. The molecule has 0 saturated heterocycles. The third kappa shape index (κ3) is 2.66. The summed E-state index contributed by atoms with van der Waals surface area (Å²) < 4.78 is 3.70. The van der Waals surface area contributed by atoms with Crippen LogP contribution in [0.15, 0.2) is 6.20 Å². The monoisotopic (exact) mass is 285 g/mol. The molecule has 0 aromatic carbocycles. The predicted molar refractivity (Wildman–Crippen MR) is 85.8 cm³/mol. The largest absolute Gasteiger partial charge is 0.383 e. The minimum atomic E-state index is -0.0781. The average Bonchev–Trinajstić information content (AvgIpc) is 2.92. The van der Waals surface area contributed by atoms with Crippen molar-refractivity contribution in [2.75, 3.05) is 5.73 Å². The summed E-state index contributed by atoms with van der Waals surface area (Å²) in [5, 5.41) is 4.58. The van der Waals surface area contributed by atoms with E-state index in [9.17, 15) is 0 Å². The van der Waals surface area contributed by atoms with Gasteiger partial charge >= 0.3 is 0 Å². The molecule has 0 aliphatic rings. The molecule has 0 aliphatic heterocycles. The van der Waals surface area contributed by atoms with Crippen molar-refractivity contribution in [1.82, 2.24) is 19.3 Å². The maximum Gasteiger partial charge on any atom is 0.132 e. The molecule has 0 aliphatic carbocycles. The molecule has 0 atom stereocenters. The van der Waals surface area contributed by atoms with Gasteiger partial charge in [-0.2, -0.15) is 5.10 Å². The molecular formula is C16H23N5. The minimum Gasteiger partial charge on any atom is -0.383 e. The standard InChI is InChI=1S/C16H23N5/c1-7-9-21-12(8-2)18-13(15(21)17)11-10-20(6)19-14(11)16(3,4)5/h1,10H,8-9,17H2,2-6H3. The zero-order valence-electron chi connectivity index (χ0n) is 13.4. The average molecular weight is 285 g/mol. The lowest BCUT2D eigenvalue weighted by Gasteiger charge is -2.17. The van der Waals surface area contributed by atoms with Crippen LogP contribution in [0.1, 0.15) is 39.2 Å². The van der Waals surface area contributed by atoms with Gasteiger partial charge in [0.05, 0.1) is 12.2 Å². The van der Waals surface area contributed by atoms with Crippen molar-refractivity contribution in [3.8, 4) is 23.6 Å². The quantitative estimate of drug-likeness (QED) is 0.881. The molecule has 0 unspecified atom stereocenters. The number of anilines is 1. The Hall–Kier alpha value is -2.22. The second kappa shape index (κ2) is 5.28. The Balaban J connectivity index is 2.66. The van der Waals surface area contributed by atoms with E-state index in [2.05, 4.69) is 31.8 Å². The fraction of sp³-hybridized carbons (Fsp3) is 0.500. The van der Waals surface area contributed by atoms with Gasteiger partial charge in [-0.25, -0.2) is 4.98 Å². The Morgan fingerprint density at radius 2 is 2.05 bits per heavy atom. The lowest BCUT2D eigenvalue weighted by Crippen LogP contribution is -2.14. The normalized spacial score (nSPS) is 11.6. The van der Waals surface area contributed by atoms with Gasteiger partial charge < -0.3 is 10.3 Å². The van der Waals surface area contributed by atoms with Gasteiger partial charge in [0.25, 0.3) is 0 Å². The number of nitrogen functional groups attached to an aromatic ring is 1. The molecule has 0 bridgehead atoms. The van der Waals surface area contributed by atoms with Gasteiger partial charge in [0.1, 0.15) is 17.3 Å². The van der Waals surface area contributed by atoms with Gasteiger partial charge in [-0.05, 0) is 0 Å². The first kappa shape index (κ1) is 15.2. The zero-order valence-corrected chi connectivity index (χ0v) is 13.4. The number of aryl methyl sites for hydroxylation is 2. The second-order valence-corrected chi connectivity index (χ2v) is 6.22. The zero-order chi connectivity index (χ0) is 15.8. The first-order valence-electron chi connectivity index (χ1n) is 7.12. The minimum absolute atomic E-state index is 0.0781. The van der Waals surface area contributed by atoms with Gasteiger partial charge in [0.15, 0.2) is 0 Å². The summed E-state index contributed by atoms with van der Waals surface area (Å²) in [4.78, 5) is 4.69. The Bertz CT molecular complexity index is 692. The van der Waals surface area contributed by atoms with Crippen molar-refractivity contribution in [3.63, 3.8) is 0 Å². The molecule has 112 valence electrons. The lowest BCUT2D eigenvalue weighted by molar-refractivity contribution is 0.554. The molecule has 0 saturated carbocycles. The predicted octanol–water partition coefficient (Wildman–Crippen LogP) is 2.36. The van der Waals surface area contributed by atoms with Gasteiger partial charge in [-0.3, -0.25) is 4.68 Å². The number of nitrogens with zero attached hydrogens (tertiary/aromatic N) is 4. The molecule has 2 heterocycles. The second-order valence-electron chi connectivity index (χ2n) is 6.22. The van der Waals surface area contributed by atoms with Crippen LogP contribution in [0.3, 0.4) is 0 Å². The lowest BCUT2D eigenvalue weighted by atomic mass is 9.89. The van der Waals surface area contributed by atoms with Crippen molar-refractivity contribution < 1.29 is 0 Å². The van der Waals surface area contributed by atoms with Gasteiger partial charge in [0, 0.05) is 30.6 Å². The molecule has 5 nitrogen and oxygen atoms in total. The first-order chi connectivity index (χ1) is 9.79. The van der Waals surface area contributed by atoms with Gasteiger partial charge in [-0.15, -0.1) is 6.42 Å². The van der Waals surface area contributed by atoms with E-state index in [1.165, 1.54) is 0 Å². The van der Waals surface area contributed by atoms with Crippen molar-refractivity contribution in [3.05, 3.63) is 17.7 Å². The van der Waals surface area contributed by atoms with E-state index in [-0.39, 0.29) is 5.41 Å². The van der Waals surface area contributed by atoms with E-state index < -0.39 is 0 Å². The van der Waals surface area contributed by atoms with Crippen LogP contribution in [-0.4, -0.2) is 19.3 Å². The van der Waals surface area contributed by atoms with E-state index in [0.29, 0.717) is 12.4 Å². The van der Waals surface area contributed by atoms with E-state index in [1.807, 2.05) is 24.7 Å². The van der Waals surface area contributed by atoms with Crippen LogP contribution in [0.25, 0.3) is 11.3 Å². The van der Waals surface area contributed by atoms with E-state index >= 15 is 0 Å². The molecule has 2 aromatic heterocycles. The number of terminal acetylenes is 1. The fourth-order valence-corrected chi connectivity index (χ4v) is 2.47. The Morgan fingerprint density at radius 3 is 2.57 bits per heavy atom. The summed E-state index contributed by atoms with van der Waals surface area (Å²) in [6, 6.07) is 0. The molecule has 0 amide bonds. The smallest absolute Gasteiger partial charge is 0.132 e. The van der Waals surface area contributed by atoms with Crippen LogP contribution < -0.4 is 5.73 Å². The Kier molecular flexibility index (Phi) is 3.82. The number of nitrogens with two attached hydrogens (primary N) is 1. The van der Waals surface area contributed by atoms with Gasteiger partial charge in [-0.1, -0.05) is 33.6 Å². The molecule has 0 fully saturated rings. The van der Waals surface area contributed by atoms with Crippen LogP contribution in [0.5, 0.6) is 0 Å². The third-order valence-corrected chi connectivity index (χ3v) is 3.45. The highest BCUT2D eigenvalue weighted by molar-refractivity contribution is 5.73. The Morgan fingerprint density at radius 1 is 1.38 bits per heavy atom. The van der Waals surface area contributed by atoms with Crippen LogP contribution >= 0.6 is 0 Å². The van der Waals surface area contributed by atoms with Crippen LogP contribution in [0.4, 0.5) is 5.82 Å². The topological polar surface area (TPSA) is 61.7 Å². The number of aromatic nitrogens is 4. The maximum atomic E-state index is 6.29. The molecule has 0 spiro atoms. The highest BCUT2D eigenvalue weighted by atomic mass is 15.3. The number of hydrogen-bond acceptors (Lipinski definition) is 3. The number of hydrogen-bond donors (Lipinski definition) is 1. The SMILES string of the molecule is C#CCn1c(CC)nc(-c2cn(C)nc2C(C)(C)C)c1N. The molecule has 2 rings (SSSR count). The molecule has 21 heavy (non-hydrogen) atoms. The van der Waals surface area contributed by atoms with E-state index in [0.717, 1.165) is 29.2 Å². The summed E-state index contributed by atoms with van der Waals surface area (Å²) >= 11 is 0. The highest BCUT2D eigenvalue weighted by Crippen LogP contribution is 2.34. The van der Waals surface area contributed by atoms with Crippen molar-refractivity contribution in [2.45, 2.75) is 46.1 Å². The molecule has 0 radical (unpaired) electrons. The van der Waals surface area contributed by atoms with Crippen molar-refractivity contribution >= 4 is 5.82 Å². The molecule has 5 heteroatoms. The number of rotatable bonds is 3. The van der Waals surface area contributed by atoms with E-state index in [4.69, 9.17) is 17.1 Å². The summed E-state index contributed by atoms with van der Waals surface area (Å²) in [6.45, 7) is 8.89. The molecular weight excluding hydrogens is 262 g/mol. The number of imidazole rings is 1. The fourth-order valence-electron chi connectivity index (χ4n) is 2.47. The van der Waals surface area contributed by atoms with E-state index in [1.54, 1.807) is 4.68 Å².